The average Bonchev–Trinajstić information content (AvgIpc) is 2.51. The lowest BCUT2D eigenvalue weighted by molar-refractivity contribution is -0.189. The van der Waals surface area contributed by atoms with Crippen LogP contribution in [0.15, 0.2) is 11.6 Å². The van der Waals surface area contributed by atoms with Crippen molar-refractivity contribution in [1.82, 2.24) is 0 Å². The molecule has 0 saturated heterocycles. The van der Waals surface area contributed by atoms with E-state index < -0.39 is 22.4 Å². The maximum atomic E-state index is 13.1. The number of hydrogen-bond donors (Lipinski definition) is 2. The summed E-state index contributed by atoms with van der Waals surface area (Å²) in [6.45, 7) is 10.0. The Morgan fingerprint density at radius 3 is 2.40 bits per heavy atom. The third-order valence-electron chi connectivity index (χ3n) is 8.54. The van der Waals surface area contributed by atoms with E-state index in [0.29, 0.717) is 12.8 Å². The highest BCUT2D eigenvalue weighted by molar-refractivity contribution is 5.98. The van der Waals surface area contributed by atoms with Crippen LogP contribution in [0.3, 0.4) is 0 Å². The van der Waals surface area contributed by atoms with Gasteiger partial charge < -0.3 is 10.2 Å². The number of fused-ring (bicyclic) bond motifs is 3. The molecule has 3 aliphatic carbocycles. The number of rotatable bonds is 2. The second kappa shape index (κ2) is 5.42. The molecule has 5 atom stereocenters. The summed E-state index contributed by atoms with van der Waals surface area (Å²) in [5.41, 5.74) is -1.83. The van der Waals surface area contributed by atoms with E-state index in [-0.39, 0.29) is 29.5 Å². The molecule has 0 spiro atoms. The summed E-state index contributed by atoms with van der Waals surface area (Å²) in [5, 5.41) is 20.9. The highest BCUT2D eigenvalue weighted by atomic mass is 16.4. The van der Waals surface area contributed by atoms with Gasteiger partial charge in [0.15, 0.2) is 5.78 Å². The number of allylic oxidation sites excluding steroid dienone is 1. The van der Waals surface area contributed by atoms with Crippen LogP contribution in [-0.2, 0) is 9.59 Å². The van der Waals surface area contributed by atoms with Gasteiger partial charge in [0, 0.05) is 6.42 Å². The quantitative estimate of drug-likeness (QED) is 0.792. The Hall–Kier alpha value is -1.16. The summed E-state index contributed by atoms with van der Waals surface area (Å²) in [4.78, 5) is 25.3. The smallest absolute Gasteiger partial charge is 0.309 e. The monoisotopic (exact) mass is 348 g/mol. The molecule has 0 radical (unpaired) electrons. The summed E-state index contributed by atoms with van der Waals surface area (Å²) >= 11 is 0. The molecule has 0 aromatic heterocycles. The van der Waals surface area contributed by atoms with Crippen molar-refractivity contribution in [2.75, 3.05) is 0 Å². The van der Waals surface area contributed by atoms with Gasteiger partial charge in [-0.25, -0.2) is 0 Å². The first-order chi connectivity index (χ1) is 11.4. The van der Waals surface area contributed by atoms with Gasteiger partial charge in [0.1, 0.15) is 0 Å². The Labute approximate surface area is 150 Å². The first-order valence-electron chi connectivity index (χ1n) is 9.63. The molecule has 0 aliphatic heterocycles. The van der Waals surface area contributed by atoms with Crippen LogP contribution in [0.25, 0.3) is 0 Å². The van der Waals surface area contributed by atoms with Crippen LogP contribution < -0.4 is 0 Å². The Bertz CT molecular complexity index is 650. The second-order valence-corrected chi connectivity index (χ2v) is 9.68. The maximum absolute atomic E-state index is 13.1. The fourth-order valence-electron chi connectivity index (χ4n) is 6.08. The molecular weight excluding hydrogens is 316 g/mol. The Balaban J connectivity index is 2.13. The molecule has 0 heterocycles. The van der Waals surface area contributed by atoms with Crippen LogP contribution in [0.4, 0.5) is 0 Å². The van der Waals surface area contributed by atoms with Gasteiger partial charge in [-0.3, -0.25) is 9.59 Å². The summed E-state index contributed by atoms with van der Waals surface area (Å²) in [7, 11) is 0. The molecule has 140 valence electrons. The van der Waals surface area contributed by atoms with Crippen molar-refractivity contribution in [3.8, 4) is 0 Å². The third kappa shape index (κ3) is 2.22. The van der Waals surface area contributed by atoms with E-state index in [1.54, 1.807) is 0 Å². The van der Waals surface area contributed by atoms with Crippen molar-refractivity contribution in [3.05, 3.63) is 11.6 Å². The van der Waals surface area contributed by atoms with Crippen LogP contribution >= 0.6 is 0 Å². The predicted octanol–water partition coefficient (Wildman–Crippen LogP) is 3.97. The molecule has 0 aromatic carbocycles. The van der Waals surface area contributed by atoms with E-state index >= 15 is 0 Å². The van der Waals surface area contributed by atoms with Crippen LogP contribution in [0.5, 0.6) is 0 Å². The van der Waals surface area contributed by atoms with Crippen molar-refractivity contribution in [2.45, 2.75) is 78.7 Å². The fraction of sp³-hybridized carbons (Fsp3) is 0.810. The Morgan fingerprint density at radius 1 is 1.20 bits per heavy atom. The lowest BCUT2D eigenvalue weighted by Crippen LogP contribution is -2.63. The van der Waals surface area contributed by atoms with Gasteiger partial charge in [-0.2, -0.15) is 0 Å². The standard InChI is InChI=1S/C21H32O4/c1-13(2)21(25)10-7-15-14(11-21)16(22)12-20(5)18(15,3)8-6-9-19(20,4)17(23)24/h11,13,15,25H,6-10,12H2,1-5H3,(H,23,24)/t15-,18+,19-,20+,21+/m0/s1. The molecule has 3 aliphatic rings. The van der Waals surface area contributed by atoms with Gasteiger partial charge in [-0.05, 0) is 66.9 Å². The summed E-state index contributed by atoms with van der Waals surface area (Å²) in [6.07, 6.45) is 5.94. The molecule has 2 fully saturated rings. The molecule has 0 aromatic rings. The van der Waals surface area contributed by atoms with Crippen molar-refractivity contribution < 1.29 is 19.8 Å². The molecule has 25 heavy (non-hydrogen) atoms. The molecular formula is C21H32O4. The third-order valence-corrected chi connectivity index (χ3v) is 8.54. The Kier molecular flexibility index (Phi) is 4.04. The minimum Gasteiger partial charge on any atom is -0.481 e. The largest absolute Gasteiger partial charge is 0.481 e. The number of aliphatic hydroxyl groups is 1. The van der Waals surface area contributed by atoms with E-state index in [4.69, 9.17) is 0 Å². The highest BCUT2D eigenvalue weighted by Gasteiger charge is 2.67. The molecule has 4 heteroatoms. The number of carboxylic acids is 1. The summed E-state index contributed by atoms with van der Waals surface area (Å²) in [5.74, 6) is -0.629. The van der Waals surface area contributed by atoms with E-state index in [2.05, 4.69) is 6.92 Å². The number of carboxylic acid groups (broad SMARTS) is 1. The number of carbonyl (C=O) groups excluding carboxylic acids is 1. The number of ketones is 1. The number of Topliss-reactive ketones (excluding diaryl/α,β-unsaturated/α-hetero) is 1. The van der Waals surface area contributed by atoms with Crippen LogP contribution in [0.2, 0.25) is 0 Å². The predicted molar refractivity (Wildman–Crippen MR) is 96.0 cm³/mol. The molecule has 3 rings (SSSR count). The molecule has 0 amide bonds. The number of aliphatic carboxylic acids is 1. The van der Waals surface area contributed by atoms with Crippen LogP contribution in [0.1, 0.15) is 73.1 Å². The second-order valence-electron chi connectivity index (χ2n) is 9.68. The minimum absolute atomic E-state index is 0.0399. The van der Waals surface area contributed by atoms with Gasteiger partial charge in [-0.15, -0.1) is 0 Å². The zero-order chi connectivity index (χ0) is 18.8. The van der Waals surface area contributed by atoms with Crippen LogP contribution in [0, 0.1) is 28.1 Å². The van der Waals surface area contributed by atoms with Crippen molar-refractivity contribution in [3.63, 3.8) is 0 Å². The molecule has 0 unspecified atom stereocenters. The summed E-state index contributed by atoms with van der Waals surface area (Å²) in [6, 6.07) is 0. The van der Waals surface area contributed by atoms with Gasteiger partial charge >= 0.3 is 5.97 Å². The topological polar surface area (TPSA) is 74.6 Å². The van der Waals surface area contributed by atoms with E-state index in [1.165, 1.54) is 0 Å². The average molecular weight is 348 g/mol. The van der Waals surface area contributed by atoms with Crippen LogP contribution in [-0.4, -0.2) is 27.6 Å². The summed E-state index contributed by atoms with van der Waals surface area (Å²) < 4.78 is 0. The lowest BCUT2D eigenvalue weighted by Gasteiger charge is -2.64. The molecule has 2 N–H and O–H groups in total. The van der Waals surface area contributed by atoms with E-state index in [9.17, 15) is 19.8 Å². The highest BCUT2D eigenvalue weighted by Crippen LogP contribution is 2.69. The van der Waals surface area contributed by atoms with Gasteiger partial charge in [0.25, 0.3) is 0 Å². The normalized spacial score (nSPS) is 47.1. The fourth-order valence-corrected chi connectivity index (χ4v) is 6.08. The number of hydrogen-bond acceptors (Lipinski definition) is 3. The number of carbonyl (C=O) groups is 2. The van der Waals surface area contributed by atoms with Crippen molar-refractivity contribution in [2.24, 2.45) is 28.1 Å². The molecule has 0 bridgehead atoms. The lowest BCUT2D eigenvalue weighted by atomic mass is 9.38. The molecule has 4 nitrogen and oxygen atoms in total. The van der Waals surface area contributed by atoms with Gasteiger partial charge in [0.2, 0.25) is 0 Å². The zero-order valence-electron chi connectivity index (χ0n) is 16.2. The van der Waals surface area contributed by atoms with Gasteiger partial charge in [0.05, 0.1) is 11.0 Å². The Morgan fingerprint density at radius 2 is 1.84 bits per heavy atom. The van der Waals surface area contributed by atoms with E-state index in [1.807, 2.05) is 33.8 Å². The maximum Gasteiger partial charge on any atom is 0.309 e. The first kappa shape index (κ1) is 18.6. The minimum atomic E-state index is -0.920. The van der Waals surface area contributed by atoms with E-state index in [0.717, 1.165) is 24.8 Å². The van der Waals surface area contributed by atoms with Crippen molar-refractivity contribution in [1.29, 1.82) is 0 Å². The van der Waals surface area contributed by atoms with Crippen molar-refractivity contribution >= 4 is 11.8 Å². The molecule has 2 saturated carbocycles. The zero-order valence-corrected chi connectivity index (χ0v) is 16.2. The SMILES string of the molecule is CC(C)[C@]1(O)C=C2C(=O)C[C@@]3(C)[C@](C)(C(=O)O)CCC[C@]3(C)[C@H]2CC1. The van der Waals surface area contributed by atoms with Gasteiger partial charge in [-0.1, -0.05) is 34.1 Å². The first-order valence-corrected chi connectivity index (χ1v) is 9.63.